The van der Waals surface area contributed by atoms with E-state index in [0.717, 1.165) is 17.9 Å². The van der Waals surface area contributed by atoms with Crippen LogP contribution >= 0.6 is 0 Å². The summed E-state index contributed by atoms with van der Waals surface area (Å²) in [5.41, 5.74) is 0. The highest BCUT2D eigenvalue weighted by Crippen LogP contribution is 2.23. The molecule has 5 heteroatoms. The van der Waals surface area contributed by atoms with Gasteiger partial charge in [0.2, 0.25) is 10.0 Å². The molecule has 2 aliphatic heterocycles. The molecule has 0 spiro atoms. The van der Waals surface area contributed by atoms with Crippen LogP contribution in [0.4, 0.5) is 0 Å². The third-order valence-electron chi connectivity index (χ3n) is 3.89. The summed E-state index contributed by atoms with van der Waals surface area (Å²) in [6, 6.07) is 0. The molecule has 0 N–H and O–H groups in total. The molecular weight excluding hydrogens is 236 g/mol. The second-order valence-electron chi connectivity index (χ2n) is 5.38. The maximum Gasteiger partial charge on any atom is 0.235 e. The largest absolute Gasteiger partial charge is 0.303 e. The molecule has 0 atom stereocenters. The van der Waals surface area contributed by atoms with Crippen molar-refractivity contribution in [1.82, 2.24) is 9.21 Å². The molecule has 4 nitrogen and oxygen atoms in total. The molecular formula is C12H22N2O2S. The summed E-state index contributed by atoms with van der Waals surface area (Å²) in [5, 5.41) is 1.05. The highest BCUT2D eigenvalue weighted by atomic mass is 32.2. The van der Waals surface area contributed by atoms with Crippen LogP contribution in [-0.4, -0.2) is 50.3 Å². The highest BCUT2D eigenvalue weighted by molar-refractivity contribution is 7.92. The van der Waals surface area contributed by atoms with Gasteiger partial charge in [-0.3, -0.25) is 0 Å². The minimum atomic E-state index is -3.17. The predicted octanol–water partition coefficient (Wildman–Crippen LogP) is 1.12. The average molecular weight is 258 g/mol. The Labute approximate surface area is 104 Å². The Morgan fingerprint density at radius 1 is 1.29 bits per heavy atom. The van der Waals surface area contributed by atoms with Gasteiger partial charge in [0, 0.05) is 25.0 Å². The molecule has 0 aromatic carbocycles. The standard InChI is InChI=1S/C12H22N2O2S/c1-3-17(15,16)14-9-12(10-14)8-13-6-4-11(2)5-7-13/h3,11-12H,1,4-10H2,2H3. The van der Waals surface area contributed by atoms with E-state index in [9.17, 15) is 8.42 Å². The first-order valence-corrected chi connectivity index (χ1v) is 7.86. The maximum atomic E-state index is 11.5. The normalized spacial score (nSPS) is 25.7. The van der Waals surface area contributed by atoms with Crippen molar-refractivity contribution in [2.75, 3.05) is 32.7 Å². The van der Waals surface area contributed by atoms with E-state index >= 15 is 0 Å². The van der Waals surface area contributed by atoms with E-state index in [2.05, 4.69) is 18.4 Å². The van der Waals surface area contributed by atoms with Crippen molar-refractivity contribution in [3.8, 4) is 0 Å². The Kier molecular flexibility index (Phi) is 3.90. The Hall–Kier alpha value is -0.390. The van der Waals surface area contributed by atoms with Crippen LogP contribution in [-0.2, 0) is 10.0 Å². The molecule has 0 radical (unpaired) electrons. The smallest absolute Gasteiger partial charge is 0.235 e. The topological polar surface area (TPSA) is 40.6 Å². The van der Waals surface area contributed by atoms with Crippen molar-refractivity contribution < 1.29 is 8.42 Å². The monoisotopic (exact) mass is 258 g/mol. The van der Waals surface area contributed by atoms with Crippen molar-refractivity contribution in [2.45, 2.75) is 19.8 Å². The van der Waals surface area contributed by atoms with Gasteiger partial charge in [0.1, 0.15) is 0 Å². The number of hydrogen-bond donors (Lipinski definition) is 0. The maximum absolute atomic E-state index is 11.5. The van der Waals surface area contributed by atoms with Gasteiger partial charge in [0.05, 0.1) is 0 Å². The molecule has 0 amide bonds. The van der Waals surface area contributed by atoms with E-state index in [1.807, 2.05) is 0 Å². The van der Waals surface area contributed by atoms with E-state index in [4.69, 9.17) is 0 Å². The Balaban J connectivity index is 1.72. The summed E-state index contributed by atoms with van der Waals surface area (Å²) in [7, 11) is -3.17. The Bertz CT molecular complexity index is 366. The van der Waals surface area contributed by atoms with E-state index < -0.39 is 10.0 Å². The van der Waals surface area contributed by atoms with E-state index in [-0.39, 0.29) is 0 Å². The van der Waals surface area contributed by atoms with Crippen LogP contribution in [0.1, 0.15) is 19.8 Å². The molecule has 2 heterocycles. The zero-order chi connectivity index (χ0) is 12.5. The van der Waals surface area contributed by atoms with Gasteiger partial charge in [-0.05, 0) is 37.8 Å². The van der Waals surface area contributed by atoms with Gasteiger partial charge in [0.25, 0.3) is 0 Å². The number of hydrogen-bond acceptors (Lipinski definition) is 3. The summed E-state index contributed by atoms with van der Waals surface area (Å²) >= 11 is 0. The van der Waals surface area contributed by atoms with Crippen LogP contribution in [0.5, 0.6) is 0 Å². The van der Waals surface area contributed by atoms with Crippen LogP contribution in [0.2, 0.25) is 0 Å². The van der Waals surface area contributed by atoms with Crippen molar-refractivity contribution >= 4 is 10.0 Å². The molecule has 98 valence electrons. The molecule has 0 unspecified atom stereocenters. The van der Waals surface area contributed by atoms with Crippen molar-refractivity contribution in [1.29, 1.82) is 0 Å². The van der Waals surface area contributed by atoms with Crippen LogP contribution in [0.15, 0.2) is 12.0 Å². The minimum Gasteiger partial charge on any atom is -0.303 e. The molecule has 0 saturated carbocycles. The third kappa shape index (κ3) is 3.09. The Morgan fingerprint density at radius 3 is 2.41 bits per heavy atom. The lowest BCUT2D eigenvalue weighted by atomic mass is 9.96. The van der Waals surface area contributed by atoms with Gasteiger partial charge in [0.15, 0.2) is 0 Å². The second-order valence-corrected chi connectivity index (χ2v) is 7.26. The Morgan fingerprint density at radius 2 is 1.88 bits per heavy atom. The summed E-state index contributed by atoms with van der Waals surface area (Å²) in [4.78, 5) is 2.47. The minimum absolute atomic E-state index is 0.512. The van der Waals surface area contributed by atoms with Gasteiger partial charge in [-0.1, -0.05) is 13.5 Å². The van der Waals surface area contributed by atoms with Crippen LogP contribution in [0, 0.1) is 11.8 Å². The summed E-state index contributed by atoms with van der Waals surface area (Å²) in [5.74, 6) is 1.36. The first-order chi connectivity index (χ1) is 8.01. The molecule has 2 aliphatic rings. The summed E-state index contributed by atoms with van der Waals surface area (Å²) in [6.45, 7) is 10.4. The molecule has 0 bridgehead atoms. The first kappa shape index (κ1) is 13.1. The summed E-state index contributed by atoms with van der Waals surface area (Å²) in [6.07, 6.45) is 2.56. The number of sulfonamides is 1. The number of rotatable bonds is 4. The van der Waals surface area contributed by atoms with E-state index in [1.54, 1.807) is 0 Å². The van der Waals surface area contributed by atoms with Crippen LogP contribution < -0.4 is 0 Å². The SMILES string of the molecule is C=CS(=O)(=O)N1CC(CN2CCC(C)CC2)C1. The van der Waals surface area contributed by atoms with Gasteiger partial charge in [-0.15, -0.1) is 0 Å². The fraction of sp³-hybridized carbons (Fsp3) is 0.833. The van der Waals surface area contributed by atoms with E-state index in [0.29, 0.717) is 19.0 Å². The molecule has 17 heavy (non-hydrogen) atoms. The number of likely N-dealkylation sites (tertiary alicyclic amines) is 1. The van der Waals surface area contributed by atoms with Gasteiger partial charge in [-0.2, -0.15) is 4.31 Å². The van der Waals surface area contributed by atoms with Crippen molar-refractivity contribution in [2.24, 2.45) is 11.8 Å². The van der Waals surface area contributed by atoms with Crippen molar-refractivity contribution in [3.63, 3.8) is 0 Å². The zero-order valence-corrected chi connectivity index (χ0v) is 11.3. The van der Waals surface area contributed by atoms with Crippen LogP contribution in [0.25, 0.3) is 0 Å². The van der Waals surface area contributed by atoms with Gasteiger partial charge >= 0.3 is 0 Å². The lowest BCUT2D eigenvalue weighted by Crippen LogP contribution is -2.53. The zero-order valence-electron chi connectivity index (χ0n) is 10.5. The second kappa shape index (κ2) is 5.08. The molecule has 0 aliphatic carbocycles. The number of piperidine rings is 1. The molecule has 0 aromatic heterocycles. The lowest BCUT2D eigenvalue weighted by Gasteiger charge is -2.41. The lowest BCUT2D eigenvalue weighted by molar-refractivity contribution is 0.109. The average Bonchev–Trinajstić information content (AvgIpc) is 2.25. The molecule has 2 rings (SSSR count). The quantitative estimate of drug-likeness (QED) is 0.759. The fourth-order valence-corrected chi connectivity index (χ4v) is 3.61. The fourth-order valence-electron chi connectivity index (χ4n) is 2.56. The third-order valence-corrected chi connectivity index (χ3v) is 5.33. The van der Waals surface area contributed by atoms with Crippen LogP contribution in [0.3, 0.4) is 0 Å². The van der Waals surface area contributed by atoms with Gasteiger partial charge in [-0.25, -0.2) is 8.42 Å². The summed E-state index contributed by atoms with van der Waals surface area (Å²) < 4.78 is 24.4. The van der Waals surface area contributed by atoms with Crippen molar-refractivity contribution in [3.05, 3.63) is 12.0 Å². The molecule has 2 saturated heterocycles. The first-order valence-electron chi connectivity index (χ1n) is 6.36. The highest BCUT2D eigenvalue weighted by Gasteiger charge is 2.35. The molecule has 2 fully saturated rings. The number of nitrogens with zero attached hydrogens (tertiary/aromatic N) is 2. The van der Waals surface area contributed by atoms with Gasteiger partial charge < -0.3 is 4.90 Å². The van der Waals surface area contributed by atoms with E-state index in [1.165, 1.54) is 30.2 Å². The molecule has 0 aromatic rings. The predicted molar refractivity (Wildman–Crippen MR) is 69.0 cm³/mol.